The van der Waals surface area contributed by atoms with Crippen molar-refractivity contribution in [2.24, 2.45) is 0 Å². The second-order valence-corrected chi connectivity index (χ2v) is 8.45. The van der Waals surface area contributed by atoms with E-state index in [0.717, 1.165) is 37.8 Å². The summed E-state index contributed by atoms with van der Waals surface area (Å²) < 4.78 is 0. The first kappa shape index (κ1) is 19.5. The topological polar surface area (TPSA) is 90.9 Å². The Labute approximate surface area is 186 Å². The van der Waals surface area contributed by atoms with E-state index in [1.165, 1.54) is 17.7 Å². The van der Waals surface area contributed by atoms with Gasteiger partial charge in [-0.05, 0) is 29.3 Å². The lowest BCUT2D eigenvalue weighted by Crippen LogP contribution is -2.32. The van der Waals surface area contributed by atoms with Crippen LogP contribution in [0.15, 0.2) is 66.4 Å². The smallest absolute Gasteiger partial charge is 0.326 e. The fourth-order valence-corrected chi connectivity index (χ4v) is 4.75. The van der Waals surface area contributed by atoms with Gasteiger partial charge in [-0.25, -0.2) is 14.8 Å². The number of H-pyrrole nitrogens is 1. The normalized spacial score (nSPS) is 12.3. The van der Waals surface area contributed by atoms with Gasteiger partial charge in [0.05, 0.1) is 5.39 Å². The number of aliphatic carboxylic acids is 1. The van der Waals surface area contributed by atoms with Crippen LogP contribution in [-0.4, -0.2) is 32.1 Å². The summed E-state index contributed by atoms with van der Waals surface area (Å²) >= 11 is 7.53. The quantitative estimate of drug-likeness (QED) is 0.314. The third-order valence-electron chi connectivity index (χ3n) is 5.23. The second-order valence-electron chi connectivity index (χ2n) is 7.16. The summed E-state index contributed by atoms with van der Waals surface area (Å²) in [6.45, 7) is 0. The van der Waals surface area contributed by atoms with Crippen LogP contribution in [0.25, 0.3) is 32.2 Å². The Kier molecular flexibility index (Phi) is 5.05. The van der Waals surface area contributed by atoms with E-state index in [4.69, 9.17) is 11.6 Å². The van der Waals surface area contributed by atoms with Crippen molar-refractivity contribution in [1.29, 1.82) is 0 Å². The van der Waals surface area contributed by atoms with Crippen molar-refractivity contribution >= 4 is 55.8 Å². The maximum Gasteiger partial charge on any atom is 0.326 e. The molecule has 3 aromatic heterocycles. The predicted octanol–water partition coefficient (Wildman–Crippen LogP) is 5.60. The fourth-order valence-electron chi connectivity index (χ4n) is 3.71. The van der Waals surface area contributed by atoms with Crippen molar-refractivity contribution < 1.29 is 9.90 Å². The van der Waals surface area contributed by atoms with Crippen LogP contribution in [0, 0.1) is 0 Å². The molecule has 1 unspecified atom stereocenters. The minimum atomic E-state index is -0.944. The molecule has 0 spiro atoms. The molecule has 0 aliphatic heterocycles. The Morgan fingerprint density at radius 2 is 1.97 bits per heavy atom. The molecule has 3 heterocycles. The first-order chi connectivity index (χ1) is 15.1. The average molecular weight is 449 g/mol. The number of fused-ring (bicyclic) bond motifs is 2. The van der Waals surface area contributed by atoms with Crippen molar-refractivity contribution in [3.05, 3.63) is 77.0 Å². The number of carboxylic acids is 1. The SMILES string of the molecule is O=C(O)C(Cc1c[nH]c2ccccc12)Nc1ncnc2scc(-c3ccc(Cl)cc3)c12. The van der Waals surface area contributed by atoms with Crippen LogP contribution in [0.2, 0.25) is 5.02 Å². The van der Waals surface area contributed by atoms with Crippen molar-refractivity contribution in [1.82, 2.24) is 15.0 Å². The highest BCUT2D eigenvalue weighted by atomic mass is 35.5. The fraction of sp³-hybridized carbons (Fsp3) is 0.0870. The van der Waals surface area contributed by atoms with Gasteiger partial charge in [-0.2, -0.15) is 0 Å². The minimum absolute atomic E-state index is 0.311. The number of hydrogen-bond donors (Lipinski definition) is 3. The zero-order valence-electron chi connectivity index (χ0n) is 16.2. The molecule has 2 aromatic carbocycles. The average Bonchev–Trinajstić information content (AvgIpc) is 3.39. The highest BCUT2D eigenvalue weighted by Gasteiger charge is 2.22. The standard InChI is InChI=1S/C23H17ClN4O2S/c24-15-7-5-13(6-8-15)17-11-31-22-20(17)21(26-12-27-22)28-19(23(29)30)9-14-10-25-18-4-2-1-3-16(14)18/h1-8,10-12,19,25H,9H2,(H,29,30)(H,26,27,28). The zero-order chi connectivity index (χ0) is 21.4. The van der Waals surface area contributed by atoms with E-state index in [-0.39, 0.29) is 0 Å². The van der Waals surface area contributed by atoms with Gasteiger partial charge < -0.3 is 15.4 Å². The number of hydrogen-bond acceptors (Lipinski definition) is 5. The van der Waals surface area contributed by atoms with E-state index in [1.54, 1.807) is 0 Å². The largest absolute Gasteiger partial charge is 0.480 e. The van der Waals surface area contributed by atoms with Crippen LogP contribution in [0.4, 0.5) is 5.82 Å². The van der Waals surface area contributed by atoms with Crippen LogP contribution < -0.4 is 5.32 Å². The van der Waals surface area contributed by atoms with Crippen molar-refractivity contribution in [3.8, 4) is 11.1 Å². The van der Waals surface area contributed by atoms with Gasteiger partial charge in [-0.3, -0.25) is 0 Å². The van der Waals surface area contributed by atoms with Crippen LogP contribution in [0.3, 0.4) is 0 Å². The zero-order valence-corrected chi connectivity index (χ0v) is 17.7. The van der Waals surface area contributed by atoms with Gasteiger partial charge >= 0.3 is 5.97 Å². The van der Waals surface area contributed by atoms with Gasteiger partial charge in [-0.15, -0.1) is 11.3 Å². The first-order valence-corrected chi connectivity index (χ1v) is 10.9. The Hall–Kier alpha value is -3.42. The maximum absolute atomic E-state index is 12.1. The Morgan fingerprint density at radius 3 is 2.77 bits per heavy atom. The lowest BCUT2D eigenvalue weighted by atomic mass is 10.0. The first-order valence-electron chi connectivity index (χ1n) is 9.62. The number of aromatic nitrogens is 3. The van der Waals surface area contributed by atoms with E-state index >= 15 is 0 Å². The maximum atomic E-state index is 12.1. The van der Waals surface area contributed by atoms with E-state index in [0.29, 0.717) is 17.3 Å². The van der Waals surface area contributed by atoms with Gasteiger partial charge in [0, 0.05) is 39.5 Å². The van der Waals surface area contributed by atoms with E-state index in [1.807, 2.05) is 60.1 Å². The number of para-hydroxylation sites is 1. The van der Waals surface area contributed by atoms with Crippen molar-refractivity contribution in [2.75, 3.05) is 5.32 Å². The molecular formula is C23H17ClN4O2S. The van der Waals surface area contributed by atoms with E-state index < -0.39 is 12.0 Å². The third-order valence-corrected chi connectivity index (χ3v) is 6.37. The summed E-state index contributed by atoms with van der Waals surface area (Å²) in [5.74, 6) is -0.441. The molecule has 6 nitrogen and oxygen atoms in total. The summed E-state index contributed by atoms with van der Waals surface area (Å²) in [7, 11) is 0. The molecule has 31 heavy (non-hydrogen) atoms. The summed E-state index contributed by atoms with van der Waals surface area (Å²) in [4.78, 5) is 24.8. The monoisotopic (exact) mass is 448 g/mol. The lowest BCUT2D eigenvalue weighted by molar-refractivity contribution is -0.137. The molecule has 8 heteroatoms. The van der Waals surface area contributed by atoms with Crippen LogP contribution in [-0.2, 0) is 11.2 Å². The molecule has 0 bridgehead atoms. The highest BCUT2D eigenvalue weighted by molar-refractivity contribution is 7.17. The molecule has 0 saturated carbocycles. The molecular weight excluding hydrogens is 432 g/mol. The number of aromatic amines is 1. The molecule has 154 valence electrons. The summed E-state index contributed by atoms with van der Waals surface area (Å²) in [6, 6.07) is 14.5. The molecule has 0 saturated heterocycles. The predicted molar refractivity (Wildman–Crippen MR) is 125 cm³/mol. The molecule has 0 aliphatic carbocycles. The number of nitrogens with one attached hydrogen (secondary N) is 2. The van der Waals surface area contributed by atoms with E-state index in [9.17, 15) is 9.90 Å². The van der Waals surface area contributed by atoms with Crippen LogP contribution >= 0.6 is 22.9 Å². The highest BCUT2D eigenvalue weighted by Crippen LogP contribution is 2.37. The Morgan fingerprint density at radius 1 is 1.16 bits per heavy atom. The third kappa shape index (κ3) is 3.73. The Bertz CT molecular complexity index is 1390. The van der Waals surface area contributed by atoms with Gasteiger partial charge in [0.1, 0.15) is 23.0 Å². The molecule has 1 atom stereocenters. The molecule has 0 aliphatic rings. The van der Waals surface area contributed by atoms with Crippen molar-refractivity contribution in [3.63, 3.8) is 0 Å². The number of halogens is 1. The van der Waals surface area contributed by atoms with Gasteiger partial charge in [0.2, 0.25) is 0 Å². The molecule has 0 fully saturated rings. The van der Waals surface area contributed by atoms with Crippen LogP contribution in [0.5, 0.6) is 0 Å². The summed E-state index contributed by atoms with van der Waals surface area (Å²) in [5, 5.41) is 17.5. The number of carboxylic acid groups (broad SMARTS) is 1. The van der Waals surface area contributed by atoms with Crippen LogP contribution in [0.1, 0.15) is 5.56 Å². The van der Waals surface area contributed by atoms with Gasteiger partial charge in [-0.1, -0.05) is 41.9 Å². The number of carbonyl (C=O) groups is 1. The Balaban J connectivity index is 1.52. The minimum Gasteiger partial charge on any atom is -0.480 e. The summed E-state index contributed by atoms with van der Waals surface area (Å²) in [6.07, 6.45) is 3.63. The molecule has 5 aromatic rings. The molecule has 5 rings (SSSR count). The number of thiophene rings is 1. The number of rotatable bonds is 6. The molecule has 0 radical (unpaired) electrons. The molecule has 0 amide bonds. The van der Waals surface area contributed by atoms with Gasteiger partial charge in [0.25, 0.3) is 0 Å². The lowest BCUT2D eigenvalue weighted by Gasteiger charge is -2.16. The van der Waals surface area contributed by atoms with Gasteiger partial charge in [0.15, 0.2) is 0 Å². The van der Waals surface area contributed by atoms with E-state index in [2.05, 4.69) is 20.3 Å². The number of benzene rings is 2. The van der Waals surface area contributed by atoms with Crippen molar-refractivity contribution in [2.45, 2.75) is 12.5 Å². The molecule has 3 N–H and O–H groups in total. The number of nitrogens with zero attached hydrogens (tertiary/aromatic N) is 2. The number of anilines is 1. The summed E-state index contributed by atoms with van der Waals surface area (Å²) in [5.41, 5.74) is 3.82. The second kappa shape index (κ2) is 8.02.